The Balaban J connectivity index is 3.14. The summed E-state index contributed by atoms with van der Waals surface area (Å²) in [6.45, 7) is 3.56. The van der Waals surface area contributed by atoms with E-state index in [1.807, 2.05) is 0 Å². The Morgan fingerprint density at radius 1 is 1.50 bits per heavy atom. The van der Waals surface area contributed by atoms with Crippen molar-refractivity contribution in [1.82, 2.24) is 4.98 Å². The fourth-order valence-electron chi connectivity index (χ4n) is 0.834. The van der Waals surface area contributed by atoms with Crippen LogP contribution in [-0.2, 0) is 5.41 Å². The molecule has 1 aromatic heterocycles. The van der Waals surface area contributed by atoms with Gasteiger partial charge in [0.1, 0.15) is 5.75 Å². The van der Waals surface area contributed by atoms with Crippen LogP contribution >= 0.6 is 0 Å². The van der Waals surface area contributed by atoms with Gasteiger partial charge in [-0.1, -0.05) is 0 Å². The fourth-order valence-corrected chi connectivity index (χ4v) is 0.834. The number of pyridine rings is 1. The molecule has 0 unspecified atom stereocenters. The van der Waals surface area contributed by atoms with Gasteiger partial charge in [-0.2, -0.15) is 5.26 Å². The summed E-state index contributed by atoms with van der Waals surface area (Å²) in [5, 5.41) is 17.9. The van der Waals surface area contributed by atoms with Crippen LogP contribution in [0.25, 0.3) is 0 Å². The van der Waals surface area contributed by atoms with Crippen molar-refractivity contribution in [3.63, 3.8) is 0 Å². The molecular formula is C9H10N2O. The molecule has 1 rings (SSSR count). The van der Waals surface area contributed by atoms with Gasteiger partial charge in [0.25, 0.3) is 0 Å². The molecule has 0 aromatic carbocycles. The zero-order valence-electron chi connectivity index (χ0n) is 7.07. The average Bonchev–Trinajstić information content (AvgIpc) is 2.05. The lowest BCUT2D eigenvalue weighted by Gasteiger charge is -2.14. The van der Waals surface area contributed by atoms with E-state index in [4.69, 9.17) is 10.4 Å². The van der Waals surface area contributed by atoms with Gasteiger partial charge in [0.15, 0.2) is 0 Å². The van der Waals surface area contributed by atoms with Crippen LogP contribution in [0, 0.1) is 11.3 Å². The predicted octanol–water partition coefficient (Wildman–Crippen LogP) is 1.59. The summed E-state index contributed by atoms with van der Waals surface area (Å²) < 4.78 is 0. The molecule has 3 heteroatoms. The third-order valence-corrected chi connectivity index (χ3v) is 1.73. The van der Waals surface area contributed by atoms with Gasteiger partial charge in [0, 0.05) is 6.20 Å². The standard InChI is InChI=1S/C9H10N2O/c1-9(2,6-10)7-3-8(12)5-11-4-7/h3-5,12H,1-2H3. The van der Waals surface area contributed by atoms with E-state index in [9.17, 15) is 0 Å². The lowest BCUT2D eigenvalue weighted by molar-refractivity contribution is 0.470. The SMILES string of the molecule is CC(C)(C#N)c1cncc(O)c1. The van der Waals surface area contributed by atoms with Crippen molar-refractivity contribution < 1.29 is 5.11 Å². The summed E-state index contributed by atoms with van der Waals surface area (Å²) in [5.74, 6) is 0.0934. The van der Waals surface area contributed by atoms with Gasteiger partial charge >= 0.3 is 0 Å². The van der Waals surface area contributed by atoms with Crippen LogP contribution in [0.3, 0.4) is 0 Å². The third kappa shape index (κ3) is 1.54. The van der Waals surface area contributed by atoms with Crippen molar-refractivity contribution >= 4 is 0 Å². The zero-order valence-corrected chi connectivity index (χ0v) is 7.07. The van der Waals surface area contributed by atoms with Crippen molar-refractivity contribution in [2.75, 3.05) is 0 Å². The number of nitriles is 1. The molecule has 0 radical (unpaired) electrons. The lowest BCUT2D eigenvalue weighted by Crippen LogP contribution is -2.13. The minimum Gasteiger partial charge on any atom is -0.506 e. The fraction of sp³-hybridized carbons (Fsp3) is 0.333. The molecule has 1 N–H and O–H groups in total. The van der Waals surface area contributed by atoms with Crippen molar-refractivity contribution in [2.45, 2.75) is 19.3 Å². The summed E-state index contributed by atoms with van der Waals surface area (Å²) in [7, 11) is 0. The highest BCUT2D eigenvalue weighted by atomic mass is 16.3. The molecular weight excluding hydrogens is 152 g/mol. The van der Waals surface area contributed by atoms with E-state index < -0.39 is 5.41 Å². The first-order valence-electron chi connectivity index (χ1n) is 3.62. The highest BCUT2D eigenvalue weighted by Gasteiger charge is 2.20. The average molecular weight is 162 g/mol. The smallest absolute Gasteiger partial charge is 0.134 e. The van der Waals surface area contributed by atoms with Crippen LogP contribution in [0.1, 0.15) is 19.4 Å². The highest BCUT2D eigenvalue weighted by molar-refractivity contribution is 5.32. The maximum atomic E-state index is 9.10. The van der Waals surface area contributed by atoms with Gasteiger partial charge in [-0.05, 0) is 25.5 Å². The monoisotopic (exact) mass is 162 g/mol. The van der Waals surface area contributed by atoms with Crippen molar-refractivity contribution in [2.24, 2.45) is 0 Å². The summed E-state index contributed by atoms with van der Waals surface area (Å²) in [6.07, 6.45) is 2.93. The van der Waals surface area contributed by atoms with E-state index in [1.165, 1.54) is 6.20 Å². The second kappa shape index (κ2) is 2.82. The molecule has 0 saturated heterocycles. The van der Waals surface area contributed by atoms with Crippen LogP contribution < -0.4 is 0 Å². The van der Waals surface area contributed by atoms with Crippen LogP contribution in [-0.4, -0.2) is 10.1 Å². The second-order valence-corrected chi connectivity index (χ2v) is 3.17. The molecule has 0 amide bonds. The number of nitrogens with zero attached hydrogens (tertiary/aromatic N) is 2. The third-order valence-electron chi connectivity index (χ3n) is 1.73. The molecule has 62 valence electrons. The number of hydrogen-bond acceptors (Lipinski definition) is 3. The normalized spacial score (nSPS) is 10.8. The Morgan fingerprint density at radius 3 is 2.67 bits per heavy atom. The quantitative estimate of drug-likeness (QED) is 0.682. The van der Waals surface area contributed by atoms with Gasteiger partial charge in [0.2, 0.25) is 0 Å². The summed E-state index contributed by atoms with van der Waals surface area (Å²) in [4.78, 5) is 3.80. The molecule has 0 aliphatic carbocycles. The van der Waals surface area contributed by atoms with E-state index in [0.29, 0.717) is 0 Å². The molecule has 0 fully saturated rings. The van der Waals surface area contributed by atoms with Gasteiger partial charge in [-0.3, -0.25) is 4.98 Å². The Bertz CT molecular complexity index is 326. The van der Waals surface area contributed by atoms with Crippen LogP contribution in [0.15, 0.2) is 18.5 Å². The first-order chi connectivity index (χ1) is 5.56. The minimum absolute atomic E-state index is 0.0934. The molecule has 0 saturated carbocycles. The molecule has 12 heavy (non-hydrogen) atoms. The Labute approximate surface area is 71.3 Å². The van der Waals surface area contributed by atoms with E-state index in [1.54, 1.807) is 26.1 Å². The van der Waals surface area contributed by atoms with Crippen LogP contribution in [0.5, 0.6) is 5.75 Å². The molecule has 0 spiro atoms. The maximum absolute atomic E-state index is 9.10. The van der Waals surface area contributed by atoms with Gasteiger partial charge in [-0.25, -0.2) is 0 Å². The summed E-state index contributed by atoms with van der Waals surface area (Å²) >= 11 is 0. The van der Waals surface area contributed by atoms with Crippen molar-refractivity contribution in [1.29, 1.82) is 5.26 Å². The Morgan fingerprint density at radius 2 is 2.17 bits per heavy atom. The molecule has 3 nitrogen and oxygen atoms in total. The summed E-state index contributed by atoms with van der Waals surface area (Å²) in [5.41, 5.74) is 0.135. The van der Waals surface area contributed by atoms with Crippen molar-refractivity contribution in [3.05, 3.63) is 24.0 Å². The van der Waals surface area contributed by atoms with E-state index >= 15 is 0 Å². The largest absolute Gasteiger partial charge is 0.506 e. The van der Waals surface area contributed by atoms with E-state index in [-0.39, 0.29) is 5.75 Å². The minimum atomic E-state index is -0.592. The van der Waals surface area contributed by atoms with Gasteiger partial charge < -0.3 is 5.11 Å². The van der Waals surface area contributed by atoms with Crippen LogP contribution in [0.4, 0.5) is 0 Å². The Kier molecular flexibility index (Phi) is 2.01. The number of rotatable bonds is 1. The first-order valence-corrected chi connectivity index (χ1v) is 3.62. The molecule has 0 bridgehead atoms. The number of aromatic nitrogens is 1. The maximum Gasteiger partial charge on any atom is 0.134 e. The van der Waals surface area contributed by atoms with Crippen LogP contribution in [0.2, 0.25) is 0 Å². The lowest BCUT2D eigenvalue weighted by atomic mass is 9.88. The molecule has 0 aliphatic heterocycles. The van der Waals surface area contributed by atoms with Crippen molar-refractivity contribution in [3.8, 4) is 11.8 Å². The second-order valence-electron chi connectivity index (χ2n) is 3.17. The topological polar surface area (TPSA) is 56.9 Å². The van der Waals surface area contributed by atoms with Gasteiger partial charge in [-0.15, -0.1) is 0 Å². The highest BCUT2D eigenvalue weighted by Crippen LogP contribution is 2.23. The van der Waals surface area contributed by atoms with E-state index in [0.717, 1.165) is 5.56 Å². The Hall–Kier alpha value is -1.56. The molecule has 0 atom stereocenters. The molecule has 1 aromatic rings. The predicted molar refractivity (Wildman–Crippen MR) is 44.5 cm³/mol. The van der Waals surface area contributed by atoms with E-state index in [2.05, 4.69) is 11.1 Å². The van der Waals surface area contributed by atoms with Gasteiger partial charge in [0.05, 0.1) is 17.7 Å². The zero-order chi connectivity index (χ0) is 9.19. The number of hydrogen-bond donors (Lipinski definition) is 1. The first kappa shape index (κ1) is 8.54. The molecule has 1 heterocycles. The summed E-state index contributed by atoms with van der Waals surface area (Å²) in [6, 6.07) is 3.69. The number of aromatic hydroxyl groups is 1. The molecule has 0 aliphatic rings.